The lowest BCUT2D eigenvalue weighted by Crippen LogP contribution is -2.29. The zero-order valence-electron chi connectivity index (χ0n) is 24.8. The number of benzene rings is 6. The van der Waals surface area contributed by atoms with Gasteiger partial charge in [0.2, 0.25) is 6.29 Å². The molecule has 1 unspecified atom stereocenters. The van der Waals surface area contributed by atoms with Gasteiger partial charge < -0.3 is 9.88 Å². The second kappa shape index (κ2) is 9.29. The van der Waals surface area contributed by atoms with Crippen LogP contribution < -0.4 is 5.32 Å². The fraction of sp³-hybridized carbons (Fsp3) is 0.0976. The Labute approximate surface area is 256 Å². The van der Waals surface area contributed by atoms with Crippen molar-refractivity contribution in [2.24, 2.45) is 4.99 Å². The van der Waals surface area contributed by atoms with E-state index >= 15 is 0 Å². The van der Waals surface area contributed by atoms with Crippen molar-refractivity contribution in [1.82, 2.24) is 9.88 Å². The number of aliphatic imine (C=N–C) groups is 1. The molecule has 0 radical (unpaired) electrons. The highest BCUT2D eigenvalue weighted by molar-refractivity contribution is 6.14. The van der Waals surface area contributed by atoms with Crippen LogP contribution in [-0.2, 0) is 5.41 Å². The third-order valence-electron chi connectivity index (χ3n) is 9.62. The zero-order chi connectivity index (χ0) is 29.4. The van der Waals surface area contributed by atoms with Gasteiger partial charge in [-0.3, -0.25) is 0 Å². The first-order valence-corrected chi connectivity index (χ1v) is 15.3. The largest absolute Gasteiger partial charge is 0.346 e. The monoisotopic (exact) mass is 565 g/mol. The molecule has 44 heavy (non-hydrogen) atoms. The summed E-state index contributed by atoms with van der Waals surface area (Å²) < 4.78 is 2.40. The molecule has 9 rings (SSSR count). The topological polar surface area (TPSA) is 29.3 Å². The van der Waals surface area contributed by atoms with Crippen molar-refractivity contribution in [3.63, 3.8) is 0 Å². The van der Waals surface area contributed by atoms with E-state index in [1.165, 1.54) is 54.8 Å². The summed E-state index contributed by atoms with van der Waals surface area (Å²) in [5.41, 5.74) is 12.0. The maximum atomic E-state index is 5.38. The van der Waals surface area contributed by atoms with Crippen molar-refractivity contribution >= 4 is 44.0 Å². The predicted molar refractivity (Wildman–Crippen MR) is 184 cm³/mol. The molecule has 210 valence electrons. The van der Waals surface area contributed by atoms with Gasteiger partial charge in [-0.05, 0) is 68.4 Å². The summed E-state index contributed by atoms with van der Waals surface area (Å²) in [4.78, 5) is 5.38. The molecular weight excluding hydrogens is 534 g/mol. The van der Waals surface area contributed by atoms with Gasteiger partial charge in [0.1, 0.15) is 0 Å². The lowest BCUT2D eigenvalue weighted by molar-refractivity contribution is 0.508. The highest BCUT2D eigenvalue weighted by Gasteiger charge is 2.37. The lowest BCUT2D eigenvalue weighted by atomic mass is 9.81. The summed E-state index contributed by atoms with van der Waals surface area (Å²) in [7, 11) is 0. The second-order valence-corrected chi connectivity index (χ2v) is 12.5. The summed E-state index contributed by atoms with van der Waals surface area (Å²) in [5.74, 6) is 0. The maximum Gasteiger partial charge on any atom is 0.201 e. The van der Waals surface area contributed by atoms with Gasteiger partial charge in [0.25, 0.3) is 0 Å². The van der Waals surface area contributed by atoms with E-state index in [1.807, 2.05) is 0 Å². The summed E-state index contributed by atoms with van der Waals surface area (Å²) >= 11 is 0. The molecule has 0 spiro atoms. The fourth-order valence-electron chi connectivity index (χ4n) is 7.45. The molecule has 0 bridgehead atoms. The molecule has 2 heterocycles. The van der Waals surface area contributed by atoms with Crippen molar-refractivity contribution in [3.8, 4) is 11.1 Å². The number of hydrogen-bond donors (Lipinski definition) is 1. The number of nitrogens with one attached hydrogen (secondary N) is 1. The molecule has 0 amide bonds. The Hall–Kier alpha value is -5.41. The Morgan fingerprint density at radius 3 is 2.09 bits per heavy atom. The van der Waals surface area contributed by atoms with Crippen LogP contribution in [0.25, 0.3) is 49.4 Å². The Morgan fingerprint density at radius 2 is 1.30 bits per heavy atom. The average Bonchev–Trinajstić information content (AvgIpc) is 3.52. The quantitative estimate of drug-likeness (QED) is 0.227. The summed E-state index contributed by atoms with van der Waals surface area (Å²) in [6.45, 7) is 4.74. The zero-order valence-corrected chi connectivity index (χ0v) is 24.8. The molecule has 2 aliphatic rings. The summed E-state index contributed by atoms with van der Waals surface area (Å²) in [6, 6.07) is 48.1. The van der Waals surface area contributed by atoms with E-state index in [0.717, 1.165) is 22.5 Å². The van der Waals surface area contributed by atoms with Crippen LogP contribution >= 0.6 is 0 Å². The summed E-state index contributed by atoms with van der Waals surface area (Å²) in [6.07, 6.45) is 1.85. The molecule has 3 heteroatoms. The van der Waals surface area contributed by atoms with Crippen molar-refractivity contribution in [2.45, 2.75) is 25.6 Å². The molecule has 1 aliphatic heterocycles. The smallest absolute Gasteiger partial charge is 0.201 e. The molecule has 1 N–H and O–H groups in total. The van der Waals surface area contributed by atoms with E-state index < -0.39 is 0 Å². The van der Waals surface area contributed by atoms with E-state index in [9.17, 15) is 0 Å². The molecular formula is C41H31N3. The van der Waals surface area contributed by atoms with Gasteiger partial charge in [-0.15, -0.1) is 0 Å². The Bertz CT molecular complexity index is 2320. The number of para-hydroxylation sites is 1. The van der Waals surface area contributed by atoms with Crippen LogP contribution in [0, 0.1) is 0 Å². The minimum Gasteiger partial charge on any atom is -0.346 e. The number of aromatic nitrogens is 1. The van der Waals surface area contributed by atoms with E-state index in [2.05, 4.69) is 163 Å². The number of fused-ring (bicyclic) bond motifs is 8. The van der Waals surface area contributed by atoms with Crippen molar-refractivity contribution < 1.29 is 0 Å². The second-order valence-electron chi connectivity index (χ2n) is 12.5. The van der Waals surface area contributed by atoms with Crippen LogP contribution in [0.2, 0.25) is 0 Å². The minimum absolute atomic E-state index is 0.100. The molecule has 0 saturated heterocycles. The van der Waals surface area contributed by atoms with Crippen molar-refractivity contribution in [3.05, 3.63) is 162 Å². The Morgan fingerprint density at radius 1 is 0.614 bits per heavy atom. The van der Waals surface area contributed by atoms with Gasteiger partial charge in [-0.25, -0.2) is 4.99 Å². The molecule has 1 atom stereocenters. The Kier molecular flexibility index (Phi) is 5.31. The van der Waals surface area contributed by atoms with Gasteiger partial charge in [0.05, 0.1) is 16.7 Å². The molecule has 3 nitrogen and oxygen atoms in total. The number of allylic oxidation sites excluding steroid dienone is 1. The molecule has 6 aromatic carbocycles. The molecule has 7 aromatic rings. The van der Waals surface area contributed by atoms with Crippen LogP contribution in [-0.4, -0.2) is 10.3 Å². The highest BCUT2D eigenvalue weighted by Crippen LogP contribution is 2.53. The minimum atomic E-state index is -0.327. The van der Waals surface area contributed by atoms with E-state index in [1.54, 1.807) is 0 Å². The number of rotatable bonds is 3. The number of hydrogen-bond acceptors (Lipinski definition) is 2. The van der Waals surface area contributed by atoms with Crippen LogP contribution in [0.4, 0.5) is 0 Å². The lowest BCUT2D eigenvalue weighted by Gasteiger charge is -2.27. The van der Waals surface area contributed by atoms with Crippen LogP contribution in [0.3, 0.4) is 0 Å². The van der Waals surface area contributed by atoms with Gasteiger partial charge in [0, 0.05) is 21.9 Å². The van der Waals surface area contributed by atoms with Crippen LogP contribution in [0.5, 0.6) is 0 Å². The van der Waals surface area contributed by atoms with Crippen LogP contribution in [0.15, 0.2) is 145 Å². The van der Waals surface area contributed by atoms with Crippen LogP contribution in [0.1, 0.15) is 42.4 Å². The first-order chi connectivity index (χ1) is 21.6. The first-order valence-electron chi connectivity index (χ1n) is 15.3. The third kappa shape index (κ3) is 3.59. The van der Waals surface area contributed by atoms with E-state index in [-0.39, 0.29) is 11.7 Å². The fourth-order valence-corrected chi connectivity index (χ4v) is 7.45. The number of nitrogens with zero attached hydrogens (tertiary/aromatic N) is 2. The molecule has 0 saturated carbocycles. The summed E-state index contributed by atoms with van der Waals surface area (Å²) in [5, 5.41) is 8.92. The van der Waals surface area contributed by atoms with E-state index in [4.69, 9.17) is 4.99 Å². The van der Waals surface area contributed by atoms with Gasteiger partial charge in [-0.1, -0.05) is 129 Å². The molecule has 0 fully saturated rings. The molecule has 1 aromatic heterocycles. The first kappa shape index (κ1) is 25.1. The maximum absolute atomic E-state index is 5.38. The Balaban J connectivity index is 1.33. The molecule has 1 aliphatic carbocycles. The van der Waals surface area contributed by atoms with Crippen molar-refractivity contribution in [2.75, 3.05) is 0 Å². The van der Waals surface area contributed by atoms with Gasteiger partial charge in [0.15, 0.2) is 0 Å². The van der Waals surface area contributed by atoms with Crippen molar-refractivity contribution in [1.29, 1.82) is 0 Å². The normalized spacial score (nSPS) is 16.8. The SMILES string of the molecule is CC1(C)c2cc3c4ccccc4n(C4N=C(c5ccccc5)C=C(c5ccccc5)N4)c3cc2-c2c1ccc1ccccc21. The highest BCUT2D eigenvalue weighted by atomic mass is 15.3. The third-order valence-corrected chi connectivity index (χ3v) is 9.62. The average molecular weight is 566 g/mol. The predicted octanol–water partition coefficient (Wildman–Crippen LogP) is 9.84. The van der Waals surface area contributed by atoms with Gasteiger partial charge >= 0.3 is 0 Å². The van der Waals surface area contributed by atoms with Gasteiger partial charge in [-0.2, -0.15) is 0 Å². The standard InChI is InChI=1S/C41H31N3/c1-41(2)33-22-21-26-13-9-10-18-29(26)39(33)32-24-38-31(23-34(32)41)30-19-11-12-20-37(30)44(38)40-42-35(27-14-5-3-6-15-27)25-36(43-40)28-16-7-4-8-17-28/h3-25,40,42H,1-2H3. The van der Waals surface area contributed by atoms with E-state index in [0.29, 0.717) is 0 Å².